The molecule has 0 aromatic carbocycles. The summed E-state index contributed by atoms with van der Waals surface area (Å²) in [6.45, 7) is 3.00. The fraction of sp³-hybridized carbons (Fsp3) is 0.263. The largest absolute Gasteiger partial charge is 0.370 e. The second kappa shape index (κ2) is 7.21. The molecule has 1 atom stereocenters. The molecule has 0 aliphatic carbocycles. The zero-order valence-electron chi connectivity index (χ0n) is 14.9. The van der Waals surface area contributed by atoms with Gasteiger partial charge in [-0.2, -0.15) is 0 Å². The van der Waals surface area contributed by atoms with Crippen molar-refractivity contribution < 1.29 is 0 Å². The highest BCUT2D eigenvalue weighted by Crippen LogP contribution is 2.26. The molecule has 138 valence electrons. The number of aliphatic imine (C=N–C) groups is 1. The van der Waals surface area contributed by atoms with Gasteiger partial charge in [-0.1, -0.05) is 6.92 Å². The van der Waals surface area contributed by atoms with E-state index in [-0.39, 0.29) is 0 Å². The van der Waals surface area contributed by atoms with Gasteiger partial charge in [0.2, 0.25) is 0 Å². The maximum atomic E-state index is 6.55. The number of hydrogen-bond donors (Lipinski definition) is 2. The summed E-state index contributed by atoms with van der Waals surface area (Å²) in [5.74, 6) is 1.39. The number of nitrogens with zero attached hydrogens (tertiary/aromatic N) is 5. The van der Waals surface area contributed by atoms with Gasteiger partial charge in [0.15, 0.2) is 5.82 Å². The highest BCUT2D eigenvalue weighted by atomic mass is 79.9. The van der Waals surface area contributed by atoms with Crippen molar-refractivity contribution in [1.82, 2.24) is 24.7 Å². The fourth-order valence-corrected chi connectivity index (χ4v) is 3.28. The first-order valence-electron chi connectivity index (χ1n) is 8.84. The van der Waals surface area contributed by atoms with Gasteiger partial charge in [-0.25, -0.2) is 19.9 Å². The Morgan fingerprint density at radius 1 is 1.30 bits per heavy atom. The summed E-state index contributed by atoms with van der Waals surface area (Å²) in [6, 6.07) is 5.77. The van der Waals surface area contributed by atoms with E-state index in [2.05, 4.69) is 43.1 Å². The Morgan fingerprint density at radius 3 is 2.96 bits per heavy atom. The minimum atomic E-state index is -0.825. The smallest absolute Gasteiger partial charge is 0.154 e. The van der Waals surface area contributed by atoms with Crippen molar-refractivity contribution in [1.29, 1.82) is 0 Å². The van der Waals surface area contributed by atoms with E-state index < -0.39 is 5.54 Å². The highest BCUT2D eigenvalue weighted by molar-refractivity contribution is 9.10. The first-order chi connectivity index (χ1) is 13.1. The number of imidazole rings is 1. The zero-order valence-corrected chi connectivity index (χ0v) is 16.5. The third-order valence-corrected chi connectivity index (χ3v) is 4.90. The number of rotatable bonds is 5. The molecule has 0 fully saturated rings. The molecule has 3 aromatic heterocycles. The Labute approximate surface area is 165 Å². The molecule has 1 aliphatic heterocycles. The second-order valence-electron chi connectivity index (χ2n) is 6.50. The molecule has 0 spiro atoms. The average Bonchev–Trinajstić information content (AvgIpc) is 3.11. The van der Waals surface area contributed by atoms with Crippen molar-refractivity contribution >= 4 is 27.8 Å². The third-order valence-electron chi connectivity index (χ3n) is 4.43. The van der Waals surface area contributed by atoms with Crippen molar-refractivity contribution in [2.24, 2.45) is 10.7 Å². The summed E-state index contributed by atoms with van der Waals surface area (Å²) in [6.07, 6.45) is 10.9. The molecule has 3 aromatic rings. The van der Waals surface area contributed by atoms with Crippen LogP contribution in [0.3, 0.4) is 0 Å². The lowest BCUT2D eigenvalue weighted by atomic mass is 9.95. The average molecular weight is 426 g/mol. The normalized spacial score (nSPS) is 19.3. The lowest BCUT2D eigenvalue weighted by molar-refractivity contribution is 0.564. The monoisotopic (exact) mass is 425 g/mol. The van der Waals surface area contributed by atoms with Crippen LogP contribution in [-0.2, 0) is 5.54 Å². The lowest BCUT2D eigenvalue weighted by Crippen LogP contribution is -2.41. The highest BCUT2D eigenvalue weighted by Gasteiger charge is 2.30. The van der Waals surface area contributed by atoms with Crippen molar-refractivity contribution in [3.63, 3.8) is 0 Å². The maximum absolute atomic E-state index is 6.55. The number of pyridine rings is 1. The van der Waals surface area contributed by atoms with E-state index in [0.29, 0.717) is 12.2 Å². The van der Waals surface area contributed by atoms with Gasteiger partial charge in [0.25, 0.3) is 0 Å². The van der Waals surface area contributed by atoms with E-state index in [4.69, 9.17) is 10.7 Å². The van der Waals surface area contributed by atoms with Gasteiger partial charge < -0.3 is 11.1 Å². The minimum absolute atomic E-state index is 0.541. The topological polar surface area (TPSA) is 93.5 Å². The lowest BCUT2D eigenvalue weighted by Gasteiger charge is -2.25. The number of fused-ring (bicyclic) bond motifs is 1. The van der Waals surface area contributed by atoms with E-state index >= 15 is 0 Å². The van der Waals surface area contributed by atoms with Gasteiger partial charge in [0.05, 0.1) is 17.6 Å². The van der Waals surface area contributed by atoms with Crippen molar-refractivity contribution in [2.75, 3.05) is 6.54 Å². The molecular formula is C19H20BrN7. The first-order valence-corrected chi connectivity index (χ1v) is 9.63. The number of halogens is 1. The van der Waals surface area contributed by atoms with Gasteiger partial charge in [0.1, 0.15) is 17.0 Å². The predicted molar refractivity (Wildman–Crippen MR) is 109 cm³/mol. The van der Waals surface area contributed by atoms with Crippen LogP contribution in [0.5, 0.6) is 0 Å². The number of nitrogens with one attached hydrogen (secondary N) is 1. The molecule has 0 saturated heterocycles. The molecule has 0 amide bonds. The molecular weight excluding hydrogens is 406 g/mol. The van der Waals surface area contributed by atoms with Gasteiger partial charge >= 0.3 is 0 Å². The summed E-state index contributed by atoms with van der Waals surface area (Å²) < 4.78 is 2.96. The molecule has 4 heterocycles. The Kier molecular flexibility index (Phi) is 4.75. The molecule has 4 rings (SSSR count). The standard InChI is InChI=1S/C19H20BrN7/c1-2-8-22-16-5-7-19(21,12-25-16)18-23-9-6-14(26-18)15-10-24-17-4-3-13(20)11-27(15)17/h3-6,9-12,22H,2,7-8,21H2,1H3. The fourth-order valence-electron chi connectivity index (χ4n) is 2.95. The number of nitrogens with two attached hydrogens (primary N) is 1. The summed E-state index contributed by atoms with van der Waals surface area (Å²) in [7, 11) is 0. The first kappa shape index (κ1) is 17.8. The summed E-state index contributed by atoms with van der Waals surface area (Å²) in [5.41, 5.74) is 8.23. The van der Waals surface area contributed by atoms with Crippen LogP contribution in [0.25, 0.3) is 17.0 Å². The van der Waals surface area contributed by atoms with Crippen LogP contribution in [0.4, 0.5) is 0 Å². The number of hydrogen-bond acceptors (Lipinski definition) is 6. The van der Waals surface area contributed by atoms with E-state index in [0.717, 1.165) is 40.3 Å². The SMILES string of the molecule is CCCNC1=CCC(N)(c2nccc(-c3cnc4ccc(Br)cn34)n2)C=N1. The van der Waals surface area contributed by atoms with Crippen molar-refractivity contribution in [3.8, 4) is 11.4 Å². The molecule has 27 heavy (non-hydrogen) atoms. The molecule has 1 unspecified atom stereocenters. The van der Waals surface area contributed by atoms with Crippen molar-refractivity contribution in [2.45, 2.75) is 25.3 Å². The van der Waals surface area contributed by atoms with E-state index in [1.165, 1.54) is 0 Å². The van der Waals surface area contributed by atoms with Crippen LogP contribution in [0.2, 0.25) is 0 Å². The van der Waals surface area contributed by atoms with E-state index in [9.17, 15) is 0 Å². The van der Waals surface area contributed by atoms with Gasteiger partial charge in [0, 0.05) is 29.6 Å². The summed E-state index contributed by atoms with van der Waals surface area (Å²) in [4.78, 5) is 18.0. The van der Waals surface area contributed by atoms with E-state index in [1.807, 2.05) is 34.9 Å². The maximum Gasteiger partial charge on any atom is 0.154 e. The van der Waals surface area contributed by atoms with Gasteiger partial charge in [-0.05, 0) is 53.0 Å². The quantitative estimate of drug-likeness (QED) is 0.654. The zero-order chi connectivity index (χ0) is 18.9. The molecule has 8 heteroatoms. The van der Waals surface area contributed by atoms with Crippen LogP contribution in [0, 0.1) is 0 Å². The second-order valence-corrected chi connectivity index (χ2v) is 7.42. The summed E-state index contributed by atoms with van der Waals surface area (Å²) >= 11 is 3.50. The molecule has 3 N–H and O–H groups in total. The van der Waals surface area contributed by atoms with E-state index in [1.54, 1.807) is 18.6 Å². The molecule has 1 aliphatic rings. The molecule has 0 bridgehead atoms. The van der Waals surface area contributed by atoms with Gasteiger partial charge in [-0.15, -0.1) is 0 Å². The molecule has 7 nitrogen and oxygen atoms in total. The van der Waals surface area contributed by atoms with Crippen LogP contribution in [-0.4, -0.2) is 32.1 Å². The van der Waals surface area contributed by atoms with Gasteiger partial charge in [-0.3, -0.25) is 4.40 Å². The van der Waals surface area contributed by atoms with Crippen LogP contribution < -0.4 is 11.1 Å². The Bertz CT molecular complexity index is 1040. The number of aromatic nitrogens is 4. The predicted octanol–water partition coefficient (Wildman–Crippen LogP) is 3.02. The van der Waals surface area contributed by atoms with Crippen molar-refractivity contribution in [3.05, 3.63) is 59.0 Å². The molecule has 0 radical (unpaired) electrons. The van der Waals surface area contributed by atoms with Crippen LogP contribution in [0.1, 0.15) is 25.6 Å². The van der Waals surface area contributed by atoms with Crippen LogP contribution in [0.15, 0.2) is 58.2 Å². The third kappa shape index (κ3) is 3.50. The Hall–Kier alpha value is -2.58. The molecule has 0 saturated carbocycles. The Morgan fingerprint density at radius 2 is 2.19 bits per heavy atom. The minimum Gasteiger partial charge on any atom is -0.370 e. The van der Waals surface area contributed by atoms with Crippen LogP contribution >= 0.6 is 15.9 Å². The summed E-state index contributed by atoms with van der Waals surface area (Å²) in [5, 5.41) is 3.27. The Balaban J connectivity index is 1.66.